The van der Waals surface area contributed by atoms with Crippen LogP contribution >= 0.6 is 11.3 Å². The van der Waals surface area contributed by atoms with Gasteiger partial charge >= 0.3 is 0 Å². The van der Waals surface area contributed by atoms with Crippen molar-refractivity contribution in [2.24, 2.45) is 0 Å². The van der Waals surface area contributed by atoms with Crippen LogP contribution in [0.2, 0.25) is 0 Å². The number of carbonyl (C=O) groups excluding carboxylic acids is 1. The van der Waals surface area contributed by atoms with E-state index in [9.17, 15) is 4.79 Å². The lowest BCUT2D eigenvalue weighted by atomic mass is 10.1. The largest absolute Gasteiger partial charge is 0.294 e. The zero-order chi connectivity index (χ0) is 12.4. The second kappa shape index (κ2) is 4.66. The number of carbonyl (C=O) groups is 1. The molecule has 0 aliphatic carbocycles. The van der Waals surface area contributed by atoms with Crippen molar-refractivity contribution >= 4 is 27.3 Å². The first-order valence-electron chi connectivity index (χ1n) is 5.59. The number of rotatable bonds is 3. The number of fused-ring (bicyclic) bond motifs is 1. The summed E-state index contributed by atoms with van der Waals surface area (Å²) in [6, 6.07) is 9.43. The molecule has 0 saturated carbocycles. The van der Waals surface area contributed by atoms with Crippen molar-refractivity contribution in [2.75, 3.05) is 0 Å². The van der Waals surface area contributed by atoms with E-state index in [1.165, 1.54) is 0 Å². The van der Waals surface area contributed by atoms with Crippen LogP contribution in [0, 0.1) is 0 Å². The Morgan fingerprint density at radius 2 is 2.17 bits per heavy atom. The van der Waals surface area contributed by atoms with Gasteiger partial charge in [-0.1, -0.05) is 6.07 Å². The fraction of sp³-hybridized carbons (Fsp3) is 0.0714. The fourth-order valence-corrected chi connectivity index (χ4v) is 2.55. The fourth-order valence-electron chi connectivity index (χ4n) is 1.77. The lowest BCUT2D eigenvalue weighted by Crippen LogP contribution is -2.05. The lowest BCUT2D eigenvalue weighted by Gasteiger charge is -2.00. The van der Waals surface area contributed by atoms with E-state index in [0.29, 0.717) is 12.0 Å². The molecule has 0 aliphatic heterocycles. The minimum absolute atomic E-state index is 0.0523. The maximum absolute atomic E-state index is 12.1. The van der Waals surface area contributed by atoms with Crippen LogP contribution in [-0.2, 0) is 6.42 Å². The molecule has 0 N–H and O–H groups in total. The van der Waals surface area contributed by atoms with Crippen molar-refractivity contribution in [3.8, 4) is 0 Å². The summed E-state index contributed by atoms with van der Waals surface area (Å²) in [6.45, 7) is 0. The number of ketones is 1. The summed E-state index contributed by atoms with van der Waals surface area (Å²) >= 11 is 1.59. The summed E-state index contributed by atoms with van der Waals surface area (Å²) in [4.78, 5) is 20.5. The van der Waals surface area contributed by atoms with E-state index in [1.54, 1.807) is 23.7 Å². The Kier molecular flexibility index (Phi) is 2.86. The molecule has 0 saturated heterocycles. The second-order valence-electron chi connectivity index (χ2n) is 3.95. The predicted molar refractivity (Wildman–Crippen MR) is 71.9 cm³/mol. The average molecular weight is 254 g/mol. The third kappa shape index (κ3) is 2.15. The first-order chi connectivity index (χ1) is 8.83. The Morgan fingerprint density at radius 1 is 1.22 bits per heavy atom. The molecule has 0 atom stereocenters. The van der Waals surface area contributed by atoms with Crippen LogP contribution in [0.3, 0.4) is 0 Å². The van der Waals surface area contributed by atoms with E-state index in [0.717, 1.165) is 15.9 Å². The van der Waals surface area contributed by atoms with Crippen LogP contribution in [0.15, 0.2) is 48.1 Å². The predicted octanol–water partition coefficient (Wildman–Crippen LogP) is 3.12. The number of hydrogen-bond donors (Lipinski definition) is 0. The van der Waals surface area contributed by atoms with Gasteiger partial charge in [-0.3, -0.25) is 14.8 Å². The van der Waals surface area contributed by atoms with Crippen molar-refractivity contribution in [1.82, 2.24) is 9.97 Å². The van der Waals surface area contributed by atoms with E-state index in [-0.39, 0.29) is 5.78 Å². The third-order valence-corrected chi connectivity index (χ3v) is 3.55. The summed E-state index contributed by atoms with van der Waals surface area (Å²) in [6.07, 6.45) is 3.66. The number of hydrogen-bond acceptors (Lipinski definition) is 4. The molecule has 0 aliphatic rings. The summed E-state index contributed by atoms with van der Waals surface area (Å²) in [5, 5.41) is 1.98. The molecule has 0 spiro atoms. The molecule has 4 heteroatoms. The molecule has 3 aromatic heterocycles. The summed E-state index contributed by atoms with van der Waals surface area (Å²) in [7, 11) is 0. The number of thiophene rings is 1. The Hall–Kier alpha value is -2.07. The van der Waals surface area contributed by atoms with E-state index >= 15 is 0 Å². The van der Waals surface area contributed by atoms with Crippen LogP contribution in [0.25, 0.3) is 10.2 Å². The zero-order valence-electron chi connectivity index (χ0n) is 9.54. The molecule has 18 heavy (non-hydrogen) atoms. The van der Waals surface area contributed by atoms with Gasteiger partial charge in [0.2, 0.25) is 0 Å². The van der Waals surface area contributed by atoms with Crippen LogP contribution in [0.4, 0.5) is 0 Å². The summed E-state index contributed by atoms with van der Waals surface area (Å²) < 4.78 is 1.04. The van der Waals surface area contributed by atoms with E-state index < -0.39 is 0 Å². The van der Waals surface area contributed by atoms with Gasteiger partial charge in [-0.05, 0) is 29.6 Å². The van der Waals surface area contributed by atoms with Gasteiger partial charge in [-0.25, -0.2) is 0 Å². The van der Waals surface area contributed by atoms with Crippen LogP contribution in [-0.4, -0.2) is 15.8 Å². The van der Waals surface area contributed by atoms with Gasteiger partial charge in [-0.2, -0.15) is 0 Å². The smallest absolute Gasteiger partial charge is 0.170 e. The molecule has 0 bridgehead atoms. The van der Waals surface area contributed by atoms with Crippen LogP contribution in [0.5, 0.6) is 0 Å². The Bertz CT molecular complexity index is 691. The Labute approximate surface area is 108 Å². The number of nitrogens with zero attached hydrogens (tertiary/aromatic N) is 2. The Morgan fingerprint density at radius 3 is 3.00 bits per heavy atom. The minimum Gasteiger partial charge on any atom is -0.294 e. The molecule has 88 valence electrons. The van der Waals surface area contributed by atoms with Gasteiger partial charge in [0, 0.05) is 23.7 Å². The quantitative estimate of drug-likeness (QED) is 0.674. The molecule has 3 heterocycles. The maximum atomic E-state index is 12.1. The standard InChI is InChI=1S/C14H10N2OS/c17-13(8-11-3-1-2-5-15-11)10-7-14-12(16-9-10)4-6-18-14/h1-7,9H,8H2. The highest BCUT2D eigenvalue weighted by Gasteiger charge is 2.09. The van der Waals surface area contributed by atoms with Gasteiger partial charge in [0.15, 0.2) is 5.78 Å². The lowest BCUT2D eigenvalue weighted by molar-refractivity contribution is 0.0992. The van der Waals surface area contributed by atoms with Crippen LogP contribution < -0.4 is 0 Å². The van der Waals surface area contributed by atoms with Gasteiger partial charge < -0.3 is 0 Å². The highest BCUT2D eigenvalue weighted by Crippen LogP contribution is 2.20. The molecule has 0 unspecified atom stereocenters. The Balaban J connectivity index is 1.87. The van der Waals surface area contributed by atoms with Crippen molar-refractivity contribution in [3.05, 3.63) is 59.4 Å². The van der Waals surface area contributed by atoms with Gasteiger partial charge in [-0.15, -0.1) is 11.3 Å². The normalized spacial score (nSPS) is 10.7. The van der Waals surface area contributed by atoms with E-state index in [1.807, 2.05) is 35.7 Å². The number of pyridine rings is 2. The van der Waals surface area contributed by atoms with Gasteiger partial charge in [0.25, 0.3) is 0 Å². The topological polar surface area (TPSA) is 42.9 Å². The zero-order valence-corrected chi connectivity index (χ0v) is 10.4. The SMILES string of the molecule is O=C(Cc1ccccn1)c1cnc2ccsc2c1. The number of aromatic nitrogens is 2. The molecule has 0 fully saturated rings. The first kappa shape index (κ1) is 11.0. The summed E-state index contributed by atoms with van der Waals surface area (Å²) in [5.41, 5.74) is 2.37. The first-order valence-corrected chi connectivity index (χ1v) is 6.47. The maximum Gasteiger partial charge on any atom is 0.170 e. The molecule has 0 radical (unpaired) electrons. The molecule has 3 aromatic rings. The third-order valence-electron chi connectivity index (χ3n) is 2.69. The monoisotopic (exact) mass is 254 g/mol. The van der Waals surface area contributed by atoms with Gasteiger partial charge in [0.05, 0.1) is 16.6 Å². The highest BCUT2D eigenvalue weighted by atomic mass is 32.1. The molecular weight excluding hydrogens is 244 g/mol. The van der Waals surface area contributed by atoms with Crippen molar-refractivity contribution < 1.29 is 4.79 Å². The van der Waals surface area contributed by atoms with Gasteiger partial charge in [0.1, 0.15) is 0 Å². The molecule has 0 aromatic carbocycles. The molecule has 0 amide bonds. The van der Waals surface area contributed by atoms with Crippen molar-refractivity contribution in [2.45, 2.75) is 6.42 Å². The van der Waals surface area contributed by atoms with Crippen molar-refractivity contribution in [1.29, 1.82) is 0 Å². The van der Waals surface area contributed by atoms with Crippen LogP contribution in [0.1, 0.15) is 16.1 Å². The second-order valence-corrected chi connectivity index (χ2v) is 4.90. The molecule has 3 nitrogen and oxygen atoms in total. The number of Topliss-reactive ketones (excluding diaryl/α,β-unsaturated/α-hetero) is 1. The molecule has 3 rings (SSSR count). The summed E-state index contributed by atoms with van der Waals surface area (Å²) in [5.74, 6) is 0.0523. The van der Waals surface area contributed by atoms with E-state index in [2.05, 4.69) is 9.97 Å². The average Bonchev–Trinajstić information content (AvgIpc) is 2.87. The highest BCUT2D eigenvalue weighted by molar-refractivity contribution is 7.17. The minimum atomic E-state index is 0.0523. The van der Waals surface area contributed by atoms with E-state index in [4.69, 9.17) is 0 Å². The van der Waals surface area contributed by atoms with Crippen molar-refractivity contribution in [3.63, 3.8) is 0 Å². The molecular formula is C14H10N2OS.